The van der Waals surface area contributed by atoms with Crippen LogP contribution in [0, 0.1) is 0 Å². The molecule has 5 heterocycles. The second-order valence-corrected chi connectivity index (χ2v) is 14.5. The minimum Gasteiger partial charge on any atom is -0.422 e. The molecule has 11 nitrogen and oxygen atoms in total. The van der Waals surface area contributed by atoms with Gasteiger partial charge >= 0.3 is 11.3 Å². The number of aromatic amines is 1. The van der Waals surface area contributed by atoms with Crippen LogP contribution in [0.2, 0.25) is 0 Å². The van der Waals surface area contributed by atoms with E-state index in [0.717, 1.165) is 55.7 Å². The fourth-order valence-electron chi connectivity index (χ4n) is 7.95. The Labute approximate surface area is 346 Å². The molecule has 11 rings (SSSR count). The number of fused-ring (bicyclic) bond motifs is 4. The molecule has 11 heteroatoms. The molecule has 61 heavy (non-hydrogen) atoms. The van der Waals surface area contributed by atoms with Gasteiger partial charge in [-0.25, -0.2) is 9.59 Å². The highest BCUT2D eigenvalue weighted by molar-refractivity contribution is 6.01. The molecule has 0 aliphatic carbocycles. The maximum absolute atomic E-state index is 13.6. The summed E-state index contributed by atoms with van der Waals surface area (Å²) in [5.74, 6) is 0.305. The molecule has 0 bridgehead atoms. The van der Waals surface area contributed by atoms with Crippen molar-refractivity contribution in [1.29, 1.82) is 0 Å². The highest BCUT2D eigenvalue weighted by atomic mass is 16.4. The van der Waals surface area contributed by atoms with Gasteiger partial charge in [0.15, 0.2) is 11.6 Å². The summed E-state index contributed by atoms with van der Waals surface area (Å²) in [6.45, 7) is 0. The highest BCUT2D eigenvalue weighted by Gasteiger charge is 2.21. The number of aromatic nitrogens is 5. The molecule has 5 aromatic heterocycles. The summed E-state index contributed by atoms with van der Waals surface area (Å²) < 4.78 is 11.9. The zero-order valence-corrected chi connectivity index (χ0v) is 32.1. The van der Waals surface area contributed by atoms with Crippen LogP contribution in [0.15, 0.2) is 201 Å². The summed E-state index contributed by atoms with van der Waals surface area (Å²) in [7, 11) is 0. The second-order valence-electron chi connectivity index (χ2n) is 14.5. The molecule has 0 aliphatic rings. The van der Waals surface area contributed by atoms with Gasteiger partial charge in [-0.15, -0.1) is 10.2 Å². The van der Waals surface area contributed by atoms with Gasteiger partial charge in [0.25, 0.3) is 0 Å². The van der Waals surface area contributed by atoms with E-state index in [2.05, 4.69) is 83.5 Å². The van der Waals surface area contributed by atoms with Crippen LogP contribution in [-0.4, -0.2) is 25.1 Å². The summed E-state index contributed by atoms with van der Waals surface area (Å²) >= 11 is 0. The van der Waals surface area contributed by atoms with Gasteiger partial charge < -0.3 is 23.6 Å². The van der Waals surface area contributed by atoms with E-state index in [1.54, 1.807) is 36.9 Å². The van der Waals surface area contributed by atoms with Crippen LogP contribution in [0.4, 0.5) is 34.1 Å². The zero-order valence-electron chi connectivity index (χ0n) is 32.1. The van der Waals surface area contributed by atoms with Gasteiger partial charge in [0.05, 0.1) is 35.1 Å². The van der Waals surface area contributed by atoms with Crippen molar-refractivity contribution in [2.24, 2.45) is 0 Å². The summed E-state index contributed by atoms with van der Waals surface area (Å²) in [6, 6.07) is 51.2. The molecular weight excluding hydrogens is 763 g/mol. The van der Waals surface area contributed by atoms with E-state index in [4.69, 9.17) is 8.83 Å². The first-order chi connectivity index (χ1) is 30.1. The number of pyridine rings is 2. The van der Waals surface area contributed by atoms with E-state index in [-0.39, 0.29) is 22.8 Å². The standard InChI is InChI=1S/C50H31N7O4/c58-49-41(25-33-19-21-35(27-45(33)60-49)56(37-13-7-23-51-29-37)43-17-5-11-31-9-1-3-15-39(31)43)47-53-48(55-54-47)42-26-34-20-22-36(28-46(34)61-50(42)59)57(38-14-8-24-52-30-38)44-18-6-12-32-10-2-4-16-40(32)44/h1-30H,(H,53,54,55). The Bertz CT molecular complexity index is 3320. The third-order valence-corrected chi connectivity index (χ3v) is 10.8. The molecule has 0 saturated carbocycles. The summed E-state index contributed by atoms with van der Waals surface area (Å²) in [6.07, 6.45) is 7.06. The number of hydrogen-bond acceptors (Lipinski definition) is 10. The molecule has 11 aromatic rings. The molecule has 6 aromatic carbocycles. The lowest BCUT2D eigenvalue weighted by Gasteiger charge is -2.26. The van der Waals surface area contributed by atoms with E-state index >= 15 is 0 Å². The molecular formula is C50H31N7O4. The van der Waals surface area contributed by atoms with E-state index in [1.165, 1.54) is 0 Å². The maximum atomic E-state index is 13.6. The van der Waals surface area contributed by atoms with Crippen LogP contribution < -0.4 is 21.1 Å². The first kappa shape index (κ1) is 35.5. The molecule has 0 spiro atoms. The Morgan fingerprint density at radius 3 is 1.34 bits per heavy atom. The lowest BCUT2D eigenvalue weighted by atomic mass is 10.1. The fourth-order valence-corrected chi connectivity index (χ4v) is 7.95. The summed E-state index contributed by atoms with van der Waals surface area (Å²) in [5.41, 5.74) is 5.01. The minimum atomic E-state index is -0.618. The Balaban J connectivity index is 0.935. The highest BCUT2D eigenvalue weighted by Crippen LogP contribution is 2.41. The lowest BCUT2D eigenvalue weighted by Crippen LogP contribution is -2.11. The van der Waals surface area contributed by atoms with Gasteiger partial charge in [-0.3, -0.25) is 9.97 Å². The lowest BCUT2D eigenvalue weighted by molar-refractivity contribution is 0.563. The van der Waals surface area contributed by atoms with Crippen molar-refractivity contribution in [2.45, 2.75) is 0 Å². The Morgan fingerprint density at radius 2 is 0.885 bits per heavy atom. The van der Waals surface area contributed by atoms with Crippen LogP contribution in [0.5, 0.6) is 0 Å². The van der Waals surface area contributed by atoms with Crippen LogP contribution >= 0.6 is 0 Å². The minimum absolute atomic E-state index is 0.152. The molecule has 0 unspecified atom stereocenters. The van der Waals surface area contributed by atoms with Crippen molar-refractivity contribution in [2.75, 3.05) is 9.80 Å². The maximum Gasteiger partial charge on any atom is 0.347 e. The van der Waals surface area contributed by atoms with Gasteiger partial charge in [-0.1, -0.05) is 72.8 Å². The van der Waals surface area contributed by atoms with Crippen LogP contribution in [0.1, 0.15) is 0 Å². The van der Waals surface area contributed by atoms with Crippen LogP contribution in [-0.2, 0) is 0 Å². The molecule has 0 fully saturated rings. The first-order valence-electron chi connectivity index (χ1n) is 19.5. The first-order valence-corrected chi connectivity index (χ1v) is 19.5. The Morgan fingerprint density at radius 1 is 0.426 bits per heavy atom. The summed E-state index contributed by atoms with van der Waals surface area (Å²) in [4.78, 5) is 43.2. The number of hydrogen-bond donors (Lipinski definition) is 1. The zero-order chi connectivity index (χ0) is 40.9. The predicted molar refractivity (Wildman–Crippen MR) is 239 cm³/mol. The average Bonchev–Trinajstić information content (AvgIpc) is 3.79. The van der Waals surface area contributed by atoms with Crippen molar-refractivity contribution < 1.29 is 8.83 Å². The molecule has 0 saturated heterocycles. The third kappa shape index (κ3) is 6.33. The Kier molecular flexibility index (Phi) is 8.49. The van der Waals surface area contributed by atoms with Gasteiger partial charge in [0.2, 0.25) is 0 Å². The molecule has 0 atom stereocenters. The molecule has 0 aliphatic heterocycles. The quantitative estimate of drug-likeness (QED) is 0.148. The smallest absolute Gasteiger partial charge is 0.347 e. The molecule has 1 N–H and O–H groups in total. The average molecular weight is 794 g/mol. The topological polar surface area (TPSA) is 134 Å². The molecule has 290 valence electrons. The van der Waals surface area contributed by atoms with Gasteiger partial charge in [0.1, 0.15) is 22.3 Å². The number of H-pyrrole nitrogens is 1. The molecule has 0 radical (unpaired) electrons. The number of rotatable bonds is 8. The van der Waals surface area contributed by atoms with Crippen molar-refractivity contribution in [3.8, 4) is 22.8 Å². The van der Waals surface area contributed by atoms with E-state index in [9.17, 15) is 9.59 Å². The van der Waals surface area contributed by atoms with Gasteiger partial charge in [-0.05, 0) is 83.6 Å². The van der Waals surface area contributed by atoms with Crippen molar-refractivity contribution in [3.63, 3.8) is 0 Å². The van der Waals surface area contributed by atoms with E-state index in [1.807, 2.05) is 97.1 Å². The second kappa shape index (κ2) is 14.6. The van der Waals surface area contributed by atoms with Gasteiger partial charge in [-0.2, -0.15) is 0 Å². The summed E-state index contributed by atoms with van der Waals surface area (Å²) in [5, 5.41) is 14.2. The number of benzene rings is 6. The van der Waals surface area contributed by atoms with Crippen molar-refractivity contribution in [3.05, 3.63) is 203 Å². The van der Waals surface area contributed by atoms with Crippen molar-refractivity contribution in [1.82, 2.24) is 25.1 Å². The van der Waals surface area contributed by atoms with Crippen molar-refractivity contribution >= 4 is 77.6 Å². The SMILES string of the molecule is O=c1oc2cc(N(c3cccnc3)c3cccc4ccccc34)ccc2cc1-c1nnc(-c2cc3ccc(N(c4cccnc4)c4cccc5ccccc45)cc3oc2=O)[nH]1. The van der Waals surface area contributed by atoms with Gasteiger partial charge in [0, 0.05) is 57.4 Å². The predicted octanol–water partition coefficient (Wildman–Crippen LogP) is 11.4. The van der Waals surface area contributed by atoms with E-state index < -0.39 is 11.3 Å². The third-order valence-electron chi connectivity index (χ3n) is 10.8. The normalized spacial score (nSPS) is 11.4. The number of anilines is 6. The monoisotopic (exact) mass is 793 g/mol. The van der Waals surface area contributed by atoms with Crippen LogP contribution in [0.25, 0.3) is 66.3 Å². The van der Waals surface area contributed by atoms with Crippen LogP contribution in [0.3, 0.4) is 0 Å². The number of nitrogens with one attached hydrogen (secondary N) is 1. The fraction of sp³-hybridized carbons (Fsp3) is 0. The molecule has 0 amide bonds. The Hall–Kier alpha value is -8.70. The largest absolute Gasteiger partial charge is 0.422 e. The van der Waals surface area contributed by atoms with E-state index in [0.29, 0.717) is 21.9 Å². The number of nitrogens with zero attached hydrogens (tertiary/aromatic N) is 6.